The van der Waals surface area contributed by atoms with Crippen molar-refractivity contribution in [2.45, 2.75) is 13.1 Å². The Balaban J connectivity index is 1.81. The van der Waals surface area contributed by atoms with Crippen LogP contribution >= 0.6 is 22.9 Å². The van der Waals surface area contributed by atoms with Crippen LogP contribution in [0.4, 0.5) is 5.69 Å². The maximum Gasteiger partial charge on any atom is 0.0931 e. The predicted molar refractivity (Wildman–Crippen MR) is 75.9 cm³/mol. The van der Waals surface area contributed by atoms with E-state index in [-0.39, 0.29) is 0 Å². The first-order chi connectivity index (χ1) is 8.28. The third-order valence-corrected chi connectivity index (χ3v) is 3.73. The van der Waals surface area contributed by atoms with Crippen molar-refractivity contribution in [1.82, 2.24) is 5.32 Å². The second-order valence-corrected chi connectivity index (χ2v) is 5.56. The van der Waals surface area contributed by atoms with Gasteiger partial charge in [-0.1, -0.05) is 23.7 Å². The largest absolute Gasteiger partial charge is 0.388 e. The topological polar surface area (TPSA) is 24.1 Å². The number of anilines is 1. The highest BCUT2D eigenvalue weighted by Crippen LogP contribution is 2.21. The molecule has 0 unspecified atom stereocenters. The summed E-state index contributed by atoms with van der Waals surface area (Å²) in [6.07, 6.45) is 0. The highest BCUT2D eigenvalue weighted by molar-refractivity contribution is 7.16. The molecule has 17 heavy (non-hydrogen) atoms. The van der Waals surface area contributed by atoms with E-state index in [1.54, 1.807) is 11.3 Å². The number of hydrogen-bond donors (Lipinski definition) is 2. The molecule has 0 aliphatic rings. The highest BCUT2D eigenvalue weighted by atomic mass is 35.5. The lowest BCUT2D eigenvalue weighted by atomic mass is 10.2. The van der Waals surface area contributed by atoms with Gasteiger partial charge in [-0.3, -0.25) is 0 Å². The van der Waals surface area contributed by atoms with Crippen LogP contribution in [-0.2, 0) is 13.1 Å². The van der Waals surface area contributed by atoms with E-state index in [9.17, 15) is 0 Å². The smallest absolute Gasteiger partial charge is 0.0931 e. The molecule has 0 amide bonds. The number of hydrogen-bond acceptors (Lipinski definition) is 3. The van der Waals surface area contributed by atoms with Crippen molar-refractivity contribution in [3.8, 4) is 0 Å². The Bertz CT molecular complexity index is 465. The SMILES string of the molecule is CNc1ccc(CNCc2ccc(Cl)s2)cc1. The second kappa shape index (κ2) is 6.05. The summed E-state index contributed by atoms with van der Waals surface area (Å²) < 4.78 is 0.847. The van der Waals surface area contributed by atoms with Gasteiger partial charge in [0.25, 0.3) is 0 Å². The van der Waals surface area contributed by atoms with E-state index in [2.05, 4.69) is 41.0 Å². The summed E-state index contributed by atoms with van der Waals surface area (Å²) in [5, 5.41) is 6.51. The minimum atomic E-state index is 0.847. The first-order valence-electron chi connectivity index (χ1n) is 5.49. The van der Waals surface area contributed by atoms with Crippen molar-refractivity contribution in [2.24, 2.45) is 0 Å². The summed E-state index contributed by atoms with van der Waals surface area (Å²) in [6.45, 7) is 1.74. The van der Waals surface area contributed by atoms with E-state index in [1.807, 2.05) is 13.1 Å². The van der Waals surface area contributed by atoms with E-state index < -0.39 is 0 Å². The third kappa shape index (κ3) is 3.73. The number of halogens is 1. The Labute approximate surface area is 111 Å². The van der Waals surface area contributed by atoms with Crippen LogP contribution in [-0.4, -0.2) is 7.05 Å². The Morgan fingerprint density at radius 1 is 1.06 bits per heavy atom. The Morgan fingerprint density at radius 3 is 2.41 bits per heavy atom. The molecule has 0 fully saturated rings. The Morgan fingerprint density at radius 2 is 1.82 bits per heavy atom. The molecule has 1 aromatic heterocycles. The number of benzene rings is 1. The van der Waals surface area contributed by atoms with Gasteiger partial charge < -0.3 is 10.6 Å². The normalized spacial score (nSPS) is 10.5. The third-order valence-electron chi connectivity index (χ3n) is 2.50. The molecule has 2 N–H and O–H groups in total. The van der Waals surface area contributed by atoms with Crippen LogP contribution in [0.2, 0.25) is 4.34 Å². The molecule has 0 bridgehead atoms. The van der Waals surface area contributed by atoms with Gasteiger partial charge >= 0.3 is 0 Å². The first kappa shape index (κ1) is 12.4. The monoisotopic (exact) mass is 266 g/mol. The molecule has 90 valence electrons. The highest BCUT2D eigenvalue weighted by Gasteiger charge is 1.98. The standard InChI is InChI=1S/C13H15ClN2S/c1-15-11-4-2-10(3-5-11)8-16-9-12-6-7-13(14)17-12/h2-7,15-16H,8-9H2,1H3. The molecule has 2 aromatic rings. The first-order valence-corrected chi connectivity index (χ1v) is 6.69. The van der Waals surface area contributed by atoms with Crippen molar-refractivity contribution in [3.63, 3.8) is 0 Å². The fourth-order valence-corrected chi connectivity index (χ4v) is 2.62. The lowest BCUT2D eigenvalue weighted by molar-refractivity contribution is 0.701. The van der Waals surface area contributed by atoms with Gasteiger partial charge in [0.2, 0.25) is 0 Å². The zero-order valence-corrected chi connectivity index (χ0v) is 11.2. The fraction of sp³-hybridized carbons (Fsp3) is 0.231. The minimum absolute atomic E-state index is 0.847. The molecular formula is C13H15ClN2S. The van der Waals surface area contributed by atoms with Crippen molar-refractivity contribution >= 4 is 28.6 Å². The van der Waals surface area contributed by atoms with Gasteiger partial charge in [-0.05, 0) is 29.8 Å². The minimum Gasteiger partial charge on any atom is -0.388 e. The average Bonchev–Trinajstić information content (AvgIpc) is 2.76. The molecular weight excluding hydrogens is 252 g/mol. The van der Waals surface area contributed by atoms with E-state index in [1.165, 1.54) is 10.4 Å². The molecule has 2 nitrogen and oxygen atoms in total. The van der Waals surface area contributed by atoms with Crippen LogP contribution < -0.4 is 10.6 Å². The van der Waals surface area contributed by atoms with Crippen LogP contribution in [0.3, 0.4) is 0 Å². The van der Waals surface area contributed by atoms with Crippen LogP contribution in [0.1, 0.15) is 10.4 Å². The maximum absolute atomic E-state index is 5.87. The van der Waals surface area contributed by atoms with Crippen LogP contribution in [0, 0.1) is 0 Å². The van der Waals surface area contributed by atoms with Crippen molar-refractivity contribution in [3.05, 3.63) is 51.2 Å². The fourth-order valence-electron chi connectivity index (χ4n) is 1.57. The molecule has 4 heteroatoms. The summed E-state index contributed by atoms with van der Waals surface area (Å²) in [4.78, 5) is 1.27. The van der Waals surface area contributed by atoms with Gasteiger partial charge in [0.1, 0.15) is 0 Å². The maximum atomic E-state index is 5.87. The number of rotatable bonds is 5. The molecule has 2 rings (SSSR count). The molecule has 0 radical (unpaired) electrons. The summed E-state index contributed by atoms with van der Waals surface area (Å²) in [6, 6.07) is 12.4. The Kier molecular flexibility index (Phi) is 4.42. The van der Waals surface area contributed by atoms with E-state index in [4.69, 9.17) is 11.6 Å². The molecule has 1 aromatic carbocycles. The van der Waals surface area contributed by atoms with Crippen LogP contribution in [0.25, 0.3) is 0 Å². The molecule has 0 saturated carbocycles. The zero-order chi connectivity index (χ0) is 12.1. The van der Waals surface area contributed by atoms with Crippen LogP contribution in [0.5, 0.6) is 0 Å². The van der Waals surface area contributed by atoms with Gasteiger partial charge in [0, 0.05) is 30.7 Å². The zero-order valence-electron chi connectivity index (χ0n) is 9.66. The number of nitrogens with one attached hydrogen (secondary N) is 2. The van der Waals surface area contributed by atoms with Gasteiger partial charge in [-0.2, -0.15) is 0 Å². The Hall–Kier alpha value is -1.03. The van der Waals surface area contributed by atoms with E-state index in [0.29, 0.717) is 0 Å². The van der Waals surface area contributed by atoms with Crippen molar-refractivity contribution in [2.75, 3.05) is 12.4 Å². The second-order valence-electron chi connectivity index (χ2n) is 3.76. The van der Waals surface area contributed by atoms with E-state index >= 15 is 0 Å². The summed E-state index contributed by atoms with van der Waals surface area (Å²) >= 11 is 7.50. The quantitative estimate of drug-likeness (QED) is 0.862. The molecule has 0 aliphatic heterocycles. The van der Waals surface area contributed by atoms with E-state index in [0.717, 1.165) is 23.1 Å². The summed E-state index contributed by atoms with van der Waals surface area (Å²) in [7, 11) is 1.92. The number of thiophene rings is 1. The van der Waals surface area contributed by atoms with Crippen molar-refractivity contribution in [1.29, 1.82) is 0 Å². The average molecular weight is 267 g/mol. The lowest BCUT2D eigenvalue weighted by Crippen LogP contribution is -2.11. The van der Waals surface area contributed by atoms with Gasteiger partial charge in [0.15, 0.2) is 0 Å². The molecule has 0 saturated heterocycles. The van der Waals surface area contributed by atoms with Crippen LogP contribution in [0.15, 0.2) is 36.4 Å². The van der Waals surface area contributed by atoms with Gasteiger partial charge in [0.05, 0.1) is 4.34 Å². The molecule has 0 atom stereocenters. The molecule has 1 heterocycles. The molecule has 0 aliphatic carbocycles. The van der Waals surface area contributed by atoms with Crippen molar-refractivity contribution < 1.29 is 0 Å². The predicted octanol–water partition coefficient (Wildman–Crippen LogP) is 3.73. The van der Waals surface area contributed by atoms with Gasteiger partial charge in [-0.25, -0.2) is 0 Å². The van der Waals surface area contributed by atoms with Gasteiger partial charge in [-0.15, -0.1) is 11.3 Å². The lowest BCUT2D eigenvalue weighted by Gasteiger charge is -2.05. The molecule has 0 spiro atoms. The summed E-state index contributed by atoms with van der Waals surface area (Å²) in [5.74, 6) is 0. The summed E-state index contributed by atoms with van der Waals surface area (Å²) in [5.41, 5.74) is 2.42.